The van der Waals surface area contributed by atoms with E-state index in [1.807, 2.05) is 0 Å². The first-order valence-electron chi connectivity index (χ1n) is 1.82. The summed E-state index contributed by atoms with van der Waals surface area (Å²) in [6, 6.07) is 1.69. The molecule has 0 radical (unpaired) electrons. The van der Waals surface area contributed by atoms with Gasteiger partial charge in [-0.05, 0) is 6.07 Å². The molecule has 0 aliphatic carbocycles. The molecule has 2 nitrogen and oxygen atoms in total. The van der Waals surface area contributed by atoms with Gasteiger partial charge in [0.25, 0.3) is 0 Å². The molecule has 0 bridgehead atoms. The highest BCUT2D eigenvalue weighted by Gasteiger charge is 1.91. The lowest BCUT2D eigenvalue weighted by molar-refractivity contribution is 0.583. The number of hydrogen-bond acceptors (Lipinski definition) is 3. The van der Waals surface area contributed by atoms with Crippen molar-refractivity contribution in [2.45, 2.75) is 4.90 Å². The maximum atomic E-state index is 5.20. The topological polar surface area (TPSA) is 39.2 Å². The van der Waals surface area contributed by atoms with Gasteiger partial charge in [0.1, 0.15) is 0 Å². The molecule has 0 aliphatic rings. The monoisotopic (exact) mass is 115 g/mol. The summed E-state index contributed by atoms with van der Waals surface area (Å²) in [5, 5.41) is 0. The van der Waals surface area contributed by atoms with Gasteiger partial charge in [0.05, 0.1) is 11.2 Å². The summed E-state index contributed by atoms with van der Waals surface area (Å²) in [5.74, 6) is 0.378. The molecular weight excluding hydrogens is 110 g/mol. The first kappa shape index (κ1) is 4.59. The van der Waals surface area contributed by atoms with Crippen molar-refractivity contribution in [1.82, 2.24) is 0 Å². The summed E-state index contributed by atoms with van der Waals surface area (Å²) in [4.78, 5) is 0.694. The van der Waals surface area contributed by atoms with Gasteiger partial charge in [-0.1, -0.05) is 0 Å². The fraction of sp³-hybridized carbons (Fsp3) is 0. The van der Waals surface area contributed by atoms with Crippen LogP contribution in [0.25, 0.3) is 0 Å². The van der Waals surface area contributed by atoms with Gasteiger partial charge in [-0.3, -0.25) is 0 Å². The van der Waals surface area contributed by atoms with Crippen LogP contribution in [0.15, 0.2) is 21.6 Å². The second kappa shape index (κ2) is 1.50. The standard InChI is InChI=1S/C4H5NOS/c5-4-3(7)1-2-6-4/h1-2,7H,5H2. The van der Waals surface area contributed by atoms with E-state index in [0.717, 1.165) is 0 Å². The zero-order valence-corrected chi connectivity index (χ0v) is 4.48. The van der Waals surface area contributed by atoms with Gasteiger partial charge >= 0.3 is 0 Å². The summed E-state index contributed by atoms with van der Waals surface area (Å²) in [7, 11) is 0. The number of hydrogen-bond donors (Lipinski definition) is 2. The molecule has 3 heteroatoms. The van der Waals surface area contributed by atoms with Gasteiger partial charge < -0.3 is 10.2 Å². The second-order valence-corrected chi connectivity index (χ2v) is 1.65. The molecule has 1 heterocycles. The third-order valence-corrected chi connectivity index (χ3v) is 1.04. The smallest absolute Gasteiger partial charge is 0.203 e. The highest BCUT2D eigenvalue weighted by Crippen LogP contribution is 2.15. The van der Waals surface area contributed by atoms with Crippen LogP contribution in [-0.2, 0) is 0 Å². The van der Waals surface area contributed by atoms with Crippen LogP contribution in [0, 0.1) is 0 Å². The van der Waals surface area contributed by atoms with Crippen LogP contribution in [0.5, 0.6) is 0 Å². The zero-order chi connectivity index (χ0) is 5.28. The third kappa shape index (κ3) is 0.718. The average molecular weight is 115 g/mol. The van der Waals surface area contributed by atoms with E-state index in [0.29, 0.717) is 10.8 Å². The van der Waals surface area contributed by atoms with Crippen molar-refractivity contribution in [3.05, 3.63) is 12.3 Å². The first-order valence-corrected chi connectivity index (χ1v) is 2.27. The maximum Gasteiger partial charge on any atom is 0.203 e. The van der Waals surface area contributed by atoms with E-state index in [4.69, 9.17) is 5.73 Å². The lowest BCUT2D eigenvalue weighted by Gasteiger charge is -1.79. The highest BCUT2D eigenvalue weighted by atomic mass is 32.1. The molecule has 2 N–H and O–H groups in total. The van der Waals surface area contributed by atoms with Gasteiger partial charge in [-0.15, -0.1) is 12.6 Å². The van der Waals surface area contributed by atoms with E-state index in [2.05, 4.69) is 17.0 Å². The van der Waals surface area contributed by atoms with Crippen molar-refractivity contribution in [3.8, 4) is 0 Å². The summed E-state index contributed by atoms with van der Waals surface area (Å²) in [6.07, 6.45) is 1.50. The van der Waals surface area contributed by atoms with E-state index in [1.165, 1.54) is 6.26 Å². The van der Waals surface area contributed by atoms with E-state index in [-0.39, 0.29) is 0 Å². The highest BCUT2D eigenvalue weighted by molar-refractivity contribution is 7.80. The molecule has 0 aliphatic heterocycles. The van der Waals surface area contributed by atoms with Crippen molar-refractivity contribution in [2.75, 3.05) is 5.73 Å². The van der Waals surface area contributed by atoms with Gasteiger partial charge in [0, 0.05) is 0 Å². The quantitative estimate of drug-likeness (QED) is 0.498. The van der Waals surface area contributed by atoms with E-state index in [1.54, 1.807) is 6.07 Å². The number of nitrogens with two attached hydrogens (primary N) is 1. The average Bonchev–Trinajstić information content (AvgIpc) is 1.91. The Kier molecular flexibility index (Phi) is 0.982. The van der Waals surface area contributed by atoms with Crippen LogP contribution in [0.1, 0.15) is 0 Å². The van der Waals surface area contributed by atoms with Crippen LogP contribution in [0.2, 0.25) is 0 Å². The molecular formula is C4H5NOS. The number of furan rings is 1. The Morgan fingerprint density at radius 3 is 2.57 bits per heavy atom. The van der Waals surface area contributed by atoms with E-state index in [9.17, 15) is 0 Å². The second-order valence-electron chi connectivity index (χ2n) is 1.17. The fourth-order valence-corrected chi connectivity index (χ4v) is 0.428. The van der Waals surface area contributed by atoms with Crippen molar-refractivity contribution in [1.29, 1.82) is 0 Å². The maximum absolute atomic E-state index is 5.20. The molecule has 0 fully saturated rings. The Bertz CT molecular complexity index is 144. The molecule has 7 heavy (non-hydrogen) atoms. The Labute approximate surface area is 46.7 Å². The molecule has 0 aromatic carbocycles. The summed E-state index contributed by atoms with van der Waals surface area (Å²) >= 11 is 3.93. The predicted octanol–water partition coefficient (Wildman–Crippen LogP) is 1.15. The van der Waals surface area contributed by atoms with Crippen LogP contribution in [0.4, 0.5) is 5.88 Å². The molecule has 1 rings (SSSR count). The van der Waals surface area contributed by atoms with Crippen LogP contribution in [-0.4, -0.2) is 0 Å². The van der Waals surface area contributed by atoms with Gasteiger partial charge in [-0.25, -0.2) is 0 Å². The Balaban J connectivity index is 3.12. The number of nitrogen functional groups attached to an aromatic ring is 1. The van der Waals surface area contributed by atoms with Crippen molar-refractivity contribution < 1.29 is 4.42 Å². The van der Waals surface area contributed by atoms with Crippen molar-refractivity contribution in [2.24, 2.45) is 0 Å². The molecule has 1 aromatic heterocycles. The molecule has 38 valence electrons. The molecule has 0 saturated carbocycles. The Hall–Kier alpha value is -0.570. The molecule has 0 spiro atoms. The normalized spacial score (nSPS) is 9.29. The van der Waals surface area contributed by atoms with E-state index >= 15 is 0 Å². The third-order valence-electron chi connectivity index (χ3n) is 0.673. The van der Waals surface area contributed by atoms with Crippen molar-refractivity contribution in [3.63, 3.8) is 0 Å². The van der Waals surface area contributed by atoms with Crippen molar-refractivity contribution >= 4 is 18.5 Å². The van der Waals surface area contributed by atoms with Gasteiger partial charge in [0.2, 0.25) is 5.88 Å². The van der Waals surface area contributed by atoms with Crippen LogP contribution < -0.4 is 5.73 Å². The fourth-order valence-electron chi connectivity index (χ4n) is 0.314. The largest absolute Gasteiger partial charge is 0.448 e. The Morgan fingerprint density at radius 2 is 2.43 bits per heavy atom. The molecule has 0 saturated heterocycles. The first-order chi connectivity index (χ1) is 3.30. The summed E-state index contributed by atoms with van der Waals surface area (Å²) < 4.78 is 4.67. The SMILES string of the molecule is Nc1occc1S. The number of rotatable bonds is 0. The van der Waals surface area contributed by atoms with Crippen LogP contribution in [0.3, 0.4) is 0 Å². The molecule has 1 aromatic rings. The van der Waals surface area contributed by atoms with E-state index < -0.39 is 0 Å². The predicted molar refractivity (Wildman–Crippen MR) is 30.4 cm³/mol. The van der Waals surface area contributed by atoms with Crippen LogP contribution >= 0.6 is 12.6 Å². The number of thiol groups is 1. The number of anilines is 1. The molecule has 0 unspecified atom stereocenters. The molecule has 0 atom stereocenters. The van der Waals surface area contributed by atoms with Gasteiger partial charge in [-0.2, -0.15) is 0 Å². The summed E-state index contributed by atoms with van der Waals surface area (Å²) in [5.41, 5.74) is 5.20. The Morgan fingerprint density at radius 1 is 1.71 bits per heavy atom. The minimum atomic E-state index is 0.378. The lowest BCUT2D eigenvalue weighted by atomic mass is 10.6. The summed E-state index contributed by atoms with van der Waals surface area (Å²) in [6.45, 7) is 0. The zero-order valence-electron chi connectivity index (χ0n) is 3.59. The molecule has 0 amide bonds. The lowest BCUT2D eigenvalue weighted by Crippen LogP contribution is -1.78. The van der Waals surface area contributed by atoms with Gasteiger partial charge in [0.15, 0.2) is 0 Å². The minimum Gasteiger partial charge on any atom is -0.448 e. The minimum absolute atomic E-state index is 0.378.